The Bertz CT molecular complexity index is 1370. The van der Waals surface area contributed by atoms with Crippen molar-refractivity contribution >= 4 is 19.8 Å². The molecule has 0 amide bonds. The summed E-state index contributed by atoms with van der Waals surface area (Å²) in [5.74, 6) is -0.831. The van der Waals surface area contributed by atoms with Crippen molar-refractivity contribution in [2.75, 3.05) is 47.5 Å². The third kappa shape index (κ3) is 59.1. The molecular weight excluding hydrogens is 930 g/mol. The maximum atomic E-state index is 12.8. The lowest BCUT2D eigenvalue weighted by Gasteiger charge is -2.28. The van der Waals surface area contributed by atoms with E-state index in [0.29, 0.717) is 17.4 Å². The summed E-state index contributed by atoms with van der Waals surface area (Å²) in [6.07, 6.45) is 68.8. The number of ether oxygens (including phenoxy) is 2. The second-order valence-electron chi connectivity index (χ2n) is 22.1. The van der Waals surface area contributed by atoms with E-state index in [0.717, 1.165) is 64.2 Å². The first-order chi connectivity index (χ1) is 35.5. The van der Waals surface area contributed by atoms with Gasteiger partial charge in [0.05, 0.1) is 27.7 Å². The van der Waals surface area contributed by atoms with Crippen molar-refractivity contribution in [3.05, 3.63) is 48.6 Å². The van der Waals surface area contributed by atoms with E-state index in [-0.39, 0.29) is 32.0 Å². The maximum absolute atomic E-state index is 12.8. The van der Waals surface area contributed by atoms with Gasteiger partial charge in [0, 0.05) is 12.8 Å². The topological polar surface area (TPSA) is 111 Å². The highest BCUT2D eigenvalue weighted by Gasteiger charge is 2.22. The standard InChI is InChI=1S/C63H118NO8P/c1-6-8-10-12-14-16-18-20-22-24-26-27-28-29-30-31-32-33-34-35-36-37-38-40-42-44-46-48-50-52-54-56-63(66)72-61(60-71-73(67,68)70-58-57-64(3,4)5)59-69-62(65)55-53-51-49-47-45-43-41-39-25-23-21-19-17-15-13-11-9-7-2/h17-20,23-26,61H,6-16,21-22,27-60H2,1-5H3/b19-17-,20-18-,25-23-,26-24-. The van der Waals surface area contributed by atoms with Gasteiger partial charge >= 0.3 is 11.9 Å². The number of unbranched alkanes of at least 4 members (excludes halogenated alkanes) is 35. The summed E-state index contributed by atoms with van der Waals surface area (Å²) in [4.78, 5) is 37.9. The second kappa shape index (κ2) is 54.7. The van der Waals surface area contributed by atoms with Crippen molar-refractivity contribution in [3.8, 4) is 0 Å². The second-order valence-corrected chi connectivity index (χ2v) is 23.5. The zero-order valence-electron chi connectivity index (χ0n) is 48.6. The molecule has 0 aromatic rings. The predicted molar refractivity (Wildman–Crippen MR) is 310 cm³/mol. The van der Waals surface area contributed by atoms with E-state index in [9.17, 15) is 19.0 Å². The molecule has 0 saturated carbocycles. The minimum Gasteiger partial charge on any atom is -0.756 e. The van der Waals surface area contributed by atoms with Gasteiger partial charge in [-0.15, -0.1) is 0 Å². The van der Waals surface area contributed by atoms with Gasteiger partial charge in [0.2, 0.25) is 0 Å². The van der Waals surface area contributed by atoms with Crippen LogP contribution in [0.25, 0.3) is 0 Å². The Balaban J connectivity index is 4.06. The number of phosphoric ester groups is 1. The highest BCUT2D eigenvalue weighted by Crippen LogP contribution is 2.38. The normalized spacial score (nSPS) is 13.6. The molecule has 2 atom stereocenters. The lowest BCUT2D eigenvalue weighted by atomic mass is 10.0. The van der Waals surface area contributed by atoms with E-state index in [1.807, 2.05) is 21.1 Å². The molecule has 0 saturated heterocycles. The smallest absolute Gasteiger partial charge is 0.306 e. The number of carbonyl (C=O) groups is 2. The van der Waals surface area contributed by atoms with Gasteiger partial charge < -0.3 is 27.9 Å². The van der Waals surface area contributed by atoms with Gasteiger partial charge in [-0.1, -0.05) is 249 Å². The Morgan fingerprint density at radius 2 is 0.740 bits per heavy atom. The van der Waals surface area contributed by atoms with Crippen molar-refractivity contribution in [3.63, 3.8) is 0 Å². The zero-order chi connectivity index (χ0) is 53.5. The van der Waals surface area contributed by atoms with Gasteiger partial charge in [-0.3, -0.25) is 14.2 Å². The predicted octanol–water partition coefficient (Wildman–Crippen LogP) is 18.7. The summed E-state index contributed by atoms with van der Waals surface area (Å²) in [6, 6.07) is 0. The largest absolute Gasteiger partial charge is 0.756 e. The third-order valence-electron chi connectivity index (χ3n) is 13.6. The van der Waals surface area contributed by atoms with E-state index >= 15 is 0 Å². The van der Waals surface area contributed by atoms with Crippen LogP contribution in [0.15, 0.2) is 48.6 Å². The molecule has 0 fully saturated rings. The molecule has 0 spiro atoms. The van der Waals surface area contributed by atoms with E-state index in [1.54, 1.807) is 0 Å². The van der Waals surface area contributed by atoms with E-state index in [2.05, 4.69) is 62.5 Å². The summed E-state index contributed by atoms with van der Waals surface area (Å²) in [5.41, 5.74) is 0. The number of hydrogen-bond donors (Lipinski definition) is 0. The number of carbonyl (C=O) groups excluding carboxylic acids is 2. The molecule has 10 heteroatoms. The molecule has 0 aromatic carbocycles. The first-order valence-electron chi connectivity index (χ1n) is 30.8. The van der Waals surface area contributed by atoms with E-state index in [1.165, 1.54) is 193 Å². The Morgan fingerprint density at radius 3 is 1.10 bits per heavy atom. The van der Waals surface area contributed by atoms with Gasteiger partial charge in [0.25, 0.3) is 7.82 Å². The molecule has 73 heavy (non-hydrogen) atoms. The van der Waals surface area contributed by atoms with Gasteiger partial charge in [-0.05, 0) is 77.0 Å². The van der Waals surface area contributed by atoms with Crippen LogP contribution in [-0.2, 0) is 32.7 Å². The first kappa shape index (κ1) is 71.0. The molecule has 0 aliphatic rings. The Kier molecular flexibility index (Phi) is 53.2. The fourth-order valence-corrected chi connectivity index (χ4v) is 9.51. The number of esters is 2. The van der Waals surface area contributed by atoms with Crippen molar-refractivity contribution in [2.45, 2.75) is 296 Å². The molecular formula is C63H118NO8P. The van der Waals surface area contributed by atoms with Crippen LogP contribution in [0.5, 0.6) is 0 Å². The van der Waals surface area contributed by atoms with Crippen LogP contribution in [0.3, 0.4) is 0 Å². The van der Waals surface area contributed by atoms with E-state index in [4.69, 9.17) is 18.5 Å². The molecule has 2 unspecified atom stereocenters. The fourth-order valence-electron chi connectivity index (χ4n) is 8.78. The number of allylic oxidation sites excluding steroid dienone is 8. The first-order valence-corrected chi connectivity index (χ1v) is 32.3. The summed E-state index contributed by atoms with van der Waals surface area (Å²) < 4.78 is 34.2. The van der Waals surface area contributed by atoms with Gasteiger partial charge in [0.1, 0.15) is 19.8 Å². The number of phosphoric acid groups is 1. The van der Waals surface area contributed by atoms with Crippen LogP contribution in [0.2, 0.25) is 0 Å². The van der Waals surface area contributed by atoms with Crippen LogP contribution in [0.4, 0.5) is 0 Å². The Morgan fingerprint density at radius 1 is 0.425 bits per heavy atom. The van der Waals surface area contributed by atoms with Crippen molar-refractivity contribution < 1.29 is 42.1 Å². The van der Waals surface area contributed by atoms with Gasteiger partial charge in [0.15, 0.2) is 6.10 Å². The fraction of sp³-hybridized carbons (Fsp3) is 0.841. The summed E-state index contributed by atoms with van der Waals surface area (Å²) in [5, 5.41) is 0. The van der Waals surface area contributed by atoms with Crippen LogP contribution < -0.4 is 4.89 Å². The van der Waals surface area contributed by atoms with Crippen LogP contribution in [0.1, 0.15) is 290 Å². The summed E-state index contributed by atoms with van der Waals surface area (Å²) in [7, 11) is 1.17. The third-order valence-corrected chi connectivity index (χ3v) is 14.5. The number of hydrogen-bond acceptors (Lipinski definition) is 8. The highest BCUT2D eigenvalue weighted by molar-refractivity contribution is 7.45. The molecule has 0 N–H and O–H groups in total. The monoisotopic (exact) mass is 1050 g/mol. The quantitative estimate of drug-likeness (QED) is 0.0195. The number of rotatable bonds is 57. The minimum atomic E-state index is -4.64. The number of likely N-dealkylation sites (N-methyl/N-ethyl adjacent to an activating group) is 1. The molecule has 0 aliphatic heterocycles. The minimum absolute atomic E-state index is 0.0316. The Hall–Kier alpha value is -2.03. The maximum Gasteiger partial charge on any atom is 0.306 e. The molecule has 0 aromatic heterocycles. The van der Waals surface area contributed by atoms with Crippen molar-refractivity contribution in [1.29, 1.82) is 0 Å². The molecule has 0 bridgehead atoms. The number of quaternary nitrogens is 1. The van der Waals surface area contributed by atoms with Crippen LogP contribution >= 0.6 is 7.82 Å². The lowest BCUT2D eigenvalue weighted by Crippen LogP contribution is -2.37. The highest BCUT2D eigenvalue weighted by atomic mass is 31.2. The van der Waals surface area contributed by atoms with Gasteiger partial charge in [-0.2, -0.15) is 0 Å². The molecule has 0 heterocycles. The zero-order valence-corrected chi connectivity index (χ0v) is 49.5. The molecule has 0 rings (SSSR count). The van der Waals surface area contributed by atoms with Crippen LogP contribution in [0, 0.1) is 0 Å². The lowest BCUT2D eigenvalue weighted by molar-refractivity contribution is -0.870. The van der Waals surface area contributed by atoms with E-state index < -0.39 is 26.5 Å². The average molecular weight is 1050 g/mol. The van der Waals surface area contributed by atoms with Crippen molar-refractivity contribution in [2.24, 2.45) is 0 Å². The average Bonchev–Trinajstić information content (AvgIpc) is 3.35. The Labute approximate surface area is 452 Å². The summed E-state index contributed by atoms with van der Waals surface area (Å²) >= 11 is 0. The summed E-state index contributed by atoms with van der Waals surface area (Å²) in [6.45, 7) is 4.24. The molecule has 428 valence electrons. The molecule has 0 aliphatic carbocycles. The van der Waals surface area contributed by atoms with Crippen LogP contribution in [-0.4, -0.2) is 70.0 Å². The van der Waals surface area contributed by atoms with Gasteiger partial charge in [-0.25, -0.2) is 0 Å². The SMILES string of the molecule is CCCCCC/C=C\C/C=C\CCCCCCCCCC(=O)OCC(COP(=O)([O-])OCC[N+](C)(C)C)OC(=O)CCCCCCCCCCCCCCCCCCCCC/C=C\C/C=C\CCCCCCC. The molecule has 9 nitrogen and oxygen atoms in total. The number of nitrogens with zero attached hydrogens (tertiary/aromatic N) is 1. The van der Waals surface area contributed by atoms with Crippen molar-refractivity contribution in [1.82, 2.24) is 0 Å². The molecule has 0 radical (unpaired) electrons.